The Morgan fingerprint density at radius 2 is 2.00 bits per heavy atom. The summed E-state index contributed by atoms with van der Waals surface area (Å²) in [6.45, 7) is 4.57. The molecule has 20 heavy (non-hydrogen) atoms. The van der Waals surface area contributed by atoms with Crippen molar-refractivity contribution in [1.29, 1.82) is 0 Å². The van der Waals surface area contributed by atoms with Gasteiger partial charge in [-0.1, -0.05) is 0 Å². The van der Waals surface area contributed by atoms with Gasteiger partial charge in [-0.15, -0.1) is 0 Å². The Labute approximate surface area is 119 Å². The molecule has 1 fully saturated rings. The molecule has 2 N–H and O–H groups in total. The minimum absolute atomic E-state index is 0.0975. The van der Waals surface area contributed by atoms with Gasteiger partial charge >= 0.3 is 0 Å². The monoisotopic (exact) mass is 278 g/mol. The fourth-order valence-electron chi connectivity index (χ4n) is 2.35. The average molecular weight is 278 g/mol. The Kier molecular flexibility index (Phi) is 5.38. The van der Waals surface area contributed by atoms with Crippen LogP contribution in [0.5, 0.6) is 5.75 Å². The number of hydrogen-bond donors (Lipinski definition) is 2. The van der Waals surface area contributed by atoms with Crippen molar-refractivity contribution in [2.24, 2.45) is 0 Å². The van der Waals surface area contributed by atoms with Gasteiger partial charge < -0.3 is 20.1 Å². The van der Waals surface area contributed by atoms with Crippen molar-refractivity contribution in [2.45, 2.75) is 25.9 Å². The van der Waals surface area contributed by atoms with Crippen LogP contribution in [0.4, 0.5) is 5.69 Å². The van der Waals surface area contributed by atoms with Gasteiger partial charge in [-0.25, -0.2) is 0 Å². The first-order valence-corrected chi connectivity index (χ1v) is 7.04. The van der Waals surface area contributed by atoms with Crippen molar-refractivity contribution in [3.8, 4) is 5.75 Å². The highest BCUT2D eigenvalue weighted by atomic mass is 16.5. The van der Waals surface area contributed by atoms with E-state index < -0.39 is 6.10 Å². The van der Waals surface area contributed by atoms with E-state index in [1.165, 1.54) is 19.8 Å². The lowest BCUT2D eigenvalue weighted by atomic mass is 10.3. The molecule has 1 aliphatic rings. The van der Waals surface area contributed by atoms with E-state index in [9.17, 15) is 9.90 Å². The van der Waals surface area contributed by atoms with Gasteiger partial charge in [0.25, 0.3) is 0 Å². The number of nitrogens with one attached hydrogen (secondary N) is 1. The molecule has 1 atom stereocenters. The number of rotatable bonds is 6. The summed E-state index contributed by atoms with van der Waals surface area (Å²) < 4.78 is 5.55. The van der Waals surface area contributed by atoms with Crippen LogP contribution in [-0.2, 0) is 4.79 Å². The van der Waals surface area contributed by atoms with Crippen LogP contribution >= 0.6 is 0 Å². The van der Waals surface area contributed by atoms with Crippen LogP contribution < -0.4 is 10.1 Å². The quantitative estimate of drug-likeness (QED) is 0.827. The smallest absolute Gasteiger partial charge is 0.221 e. The molecule has 0 unspecified atom stereocenters. The van der Waals surface area contributed by atoms with Crippen LogP contribution in [0.25, 0.3) is 0 Å². The third kappa shape index (κ3) is 4.83. The molecular weight excluding hydrogens is 256 g/mol. The normalized spacial score (nSPS) is 16.9. The molecular formula is C15H22N2O3. The first kappa shape index (κ1) is 14.8. The number of β-amino-alcohol motifs (C(OH)–C–C–N with tert-alkyl or cyclic N) is 1. The van der Waals surface area contributed by atoms with Crippen LogP contribution in [0.3, 0.4) is 0 Å². The summed E-state index contributed by atoms with van der Waals surface area (Å²) in [7, 11) is 0. The standard InChI is InChI=1S/C15H22N2O3/c1-12(18)16-13-4-6-15(7-5-13)20-11-14(19)10-17-8-2-3-9-17/h4-7,14,19H,2-3,8-11H2,1H3,(H,16,18)/t14-/m1/s1. The number of hydrogen-bond acceptors (Lipinski definition) is 4. The third-order valence-corrected chi connectivity index (χ3v) is 3.28. The van der Waals surface area contributed by atoms with Gasteiger partial charge in [0.15, 0.2) is 0 Å². The molecule has 0 spiro atoms. The summed E-state index contributed by atoms with van der Waals surface area (Å²) in [4.78, 5) is 13.2. The molecule has 5 nitrogen and oxygen atoms in total. The van der Waals surface area contributed by atoms with E-state index in [0.29, 0.717) is 12.3 Å². The number of amides is 1. The molecule has 1 aromatic carbocycles. The highest BCUT2D eigenvalue weighted by Gasteiger charge is 2.16. The highest BCUT2D eigenvalue weighted by Crippen LogP contribution is 2.16. The fourth-order valence-corrected chi connectivity index (χ4v) is 2.35. The molecule has 0 radical (unpaired) electrons. The summed E-state index contributed by atoms with van der Waals surface area (Å²) in [5, 5.41) is 12.6. The first-order chi connectivity index (χ1) is 9.63. The van der Waals surface area contributed by atoms with Gasteiger partial charge in [-0.2, -0.15) is 0 Å². The van der Waals surface area contributed by atoms with Crippen molar-refractivity contribution >= 4 is 11.6 Å². The Hall–Kier alpha value is -1.59. The van der Waals surface area contributed by atoms with E-state index in [2.05, 4.69) is 10.2 Å². The first-order valence-electron chi connectivity index (χ1n) is 7.04. The van der Waals surface area contributed by atoms with Gasteiger partial charge in [-0.05, 0) is 50.2 Å². The van der Waals surface area contributed by atoms with Gasteiger partial charge in [0.2, 0.25) is 5.91 Å². The molecule has 0 bridgehead atoms. The molecule has 1 aliphatic heterocycles. The lowest BCUT2D eigenvalue weighted by molar-refractivity contribution is -0.114. The minimum Gasteiger partial charge on any atom is -0.491 e. The van der Waals surface area contributed by atoms with E-state index in [1.807, 2.05) is 0 Å². The maximum absolute atomic E-state index is 10.9. The third-order valence-electron chi connectivity index (χ3n) is 3.28. The van der Waals surface area contributed by atoms with Crippen molar-refractivity contribution < 1.29 is 14.6 Å². The van der Waals surface area contributed by atoms with Crippen molar-refractivity contribution in [3.05, 3.63) is 24.3 Å². The number of carbonyl (C=O) groups excluding carboxylic acids is 1. The maximum Gasteiger partial charge on any atom is 0.221 e. The number of benzene rings is 1. The second-order valence-corrected chi connectivity index (χ2v) is 5.18. The second kappa shape index (κ2) is 7.26. The SMILES string of the molecule is CC(=O)Nc1ccc(OC[C@H](O)CN2CCCC2)cc1. The summed E-state index contributed by atoms with van der Waals surface area (Å²) in [5.74, 6) is 0.597. The summed E-state index contributed by atoms with van der Waals surface area (Å²) >= 11 is 0. The Morgan fingerprint density at radius 1 is 1.35 bits per heavy atom. The lowest BCUT2D eigenvalue weighted by Gasteiger charge is -2.19. The number of nitrogens with zero attached hydrogens (tertiary/aromatic N) is 1. The molecule has 110 valence electrons. The Balaban J connectivity index is 1.73. The zero-order chi connectivity index (χ0) is 14.4. The number of aliphatic hydroxyl groups is 1. The summed E-state index contributed by atoms with van der Waals surface area (Å²) in [6.07, 6.45) is 1.97. The fraction of sp³-hybridized carbons (Fsp3) is 0.533. The molecule has 0 aliphatic carbocycles. The second-order valence-electron chi connectivity index (χ2n) is 5.18. The molecule has 0 saturated carbocycles. The van der Waals surface area contributed by atoms with Gasteiger partial charge in [0.05, 0.1) is 0 Å². The van der Waals surface area contributed by atoms with Crippen molar-refractivity contribution in [1.82, 2.24) is 4.90 Å². The van der Waals surface area contributed by atoms with Gasteiger partial charge in [0.1, 0.15) is 18.5 Å². The highest BCUT2D eigenvalue weighted by molar-refractivity contribution is 5.88. The van der Waals surface area contributed by atoms with Gasteiger partial charge in [-0.3, -0.25) is 4.79 Å². The summed E-state index contributed by atoms with van der Waals surface area (Å²) in [6, 6.07) is 7.13. The molecule has 1 heterocycles. The molecule has 1 amide bonds. The number of aliphatic hydroxyl groups excluding tert-OH is 1. The summed E-state index contributed by atoms with van der Waals surface area (Å²) in [5.41, 5.74) is 0.738. The number of carbonyl (C=O) groups is 1. The zero-order valence-corrected chi connectivity index (χ0v) is 11.8. The molecule has 2 rings (SSSR count). The van der Waals surface area contributed by atoms with E-state index in [-0.39, 0.29) is 12.5 Å². The van der Waals surface area contributed by atoms with Crippen molar-refractivity contribution in [3.63, 3.8) is 0 Å². The largest absolute Gasteiger partial charge is 0.491 e. The van der Waals surface area contributed by atoms with E-state index >= 15 is 0 Å². The van der Waals surface area contributed by atoms with Crippen LogP contribution in [0, 0.1) is 0 Å². The number of ether oxygens (including phenoxy) is 1. The van der Waals surface area contributed by atoms with E-state index in [4.69, 9.17) is 4.74 Å². The molecule has 0 aromatic heterocycles. The molecule has 1 saturated heterocycles. The Bertz CT molecular complexity index is 427. The maximum atomic E-state index is 10.9. The van der Waals surface area contributed by atoms with Crippen LogP contribution in [0.15, 0.2) is 24.3 Å². The Morgan fingerprint density at radius 3 is 2.60 bits per heavy atom. The predicted octanol–water partition coefficient (Wildman–Crippen LogP) is 1.48. The number of likely N-dealkylation sites (tertiary alicyclic amines) is 1. The predicted molar refractivity (Wildman–Crippen MR) is 77.9 cm³/mol. The number of anilines is 1. The molecule has 5 heteroatoms. The van der Waals surface area contributed by atoms with Crippen LogP contribution in [0.1, 0.15) is 19.8 Å². The van der Waals surface area contributed by atoms with Gasteiger partial charge in [0, 0.05) is 19.2 Å². The topological polar surface area (TPSA) is 61.8 Å². The minimum atomic E-state index is -0.469. The van der Waals surface area contributed by atoms with E-state index in [1.54, 1.807) is 24.3 Å². The zero-order valence-electron chi connectivity index (χ0n) is 11.8. The molecule has 1 aromatic rings. The van der Waals surface area contributed by atoms with Crippen LogP contribution in [-0.4, -0.2) is 48.3 Å². The lowest BCUT2D eigenvalue weighted by Crippen LogP contribution is -2.33. The average Bonchev–Trinajstić information content (AvgIpc) is 2.90. The van der Waals surface area contributed by atoms with Crippen molar-refractivity contribution in [2.75, 3.05) is 31.6 Å². The van der Waals surface area contributed by atoms with E-state index in [0.717, 1.165) is 18.8 Å². The van der Waals surface area contributed by atoms with Crippen LogP contribution in [0.2, 0.25) is 0 Å².